The molecule has 10 heteroatoms. The van der Waals surface area contributed by atoms with E-state index in [9.17, 15) is 13.2 Å². The van der Waals surface area contributed by atoms with Crippen molar-refractivity contribution in [3.63, 3.8) is 0 Å². The van der Waals surface area contributed by atoms with Gasteiger partial charge >= 0.3 is 0 Å². The molecule has 2 aliphatic rings. The number of likely N-dealkylation sites (tertiary alicyclic amines) is 1. The molecule has 0 spiro atoms. The Labute approximate surface area is 188 Å². The largest absolute Gasteiger partial charge is 0.492 e. The summed E-state index contributed by atoms with van der Waals surface area (Å²) in [5, 5.41) is 2.93. The molecule has 0 bridgehead atoms. The minimum absolute atomic E-state index is 0.00317. The number of amides is 1. The summed E-state index contributed by atoms with van der Waals surface area (Å²) in [4.78, 5) is 14.9. The normalized spacial score (nSPS) is 20.3. The number of sulfonamides is 1. The third-order valence-electron chi connectivity index (χ3n) is 5.76. The molecule has 9 nitrogen and oxygen atoms in total. The number of furan rings is 1. The van der Waals surface area contributed by atoms with Gasteiger partial charge in [-0.25, -0.2) is 8.42 Å². The van der Waals surface area contributed by atoms with Gasteiger partial charge < -0.3 is 19.2 Å². The van der Waals surface area contributed by atoms with Gasteiger partial charge in [0.1, 0.15) is 18.1 Å². The van der Waals surface area contributed by atoms with Gasteiger partial charge in [-0.15, -0.1) is 0 Å². The molecule has 0 saturated carbocycles. The highest BCUT2D eigenvalue weighted by Gasteiger charge is 2.30. The summed E-state index contributed by atoms with van der Waals surface area (Å²) in [6, 6.07) is 9.94. The van der Waals surface area contributed by atoms with E-state index in [0.29, 0.717) is 51.7 Å². The molecule has 174 valence electrons. The van der Waals surface area contributed by atoms with Crippen LogP contribution in [0.15, 0.2) is 52.0 Å². The lowest BCUT2D eigenvalue weighted by molar-refractivity contribution is -0.125. The van der Waals surface area contributed by atoms with E-state index >= 15 is 0 Å². The number of ether oxygens (including phenoxy) is 2. The van der Waals surface area contributed by atoms with Crippen LogP contribution in [0.1, 0.15) is 18.6 Å². The maximum absolute atomic E-state index is 12.7. The Kier molecular flexibility index (Phi) is 7.46. The maximum Gasteiger partial charge on any atom is 0.243 e. The molecule has 1 aromatic heterocycles. The fourth-order valence-corrected chi connectivity index (χ4v) is 5.43. The molecule has 0 aliphatic carbocycles. The zero-order valence-electron chi connectivity index (χ0n) is 17.9. The van der Waals surface area contributed by atoms with Gasteiger partial charge in [-0.05, 0) is 55.8 Å². The molecule has 2 aliphatic heterocycles. The molecule has 0 radical (unpaired) electrons. The average Bonchev–Trinajstić information content (AvgIpc) is 3.51. The van der Waals surface area contributed by atoms with Gasteiger partial charge in [-0.1, -0.05) is 0 Å². The molecule has 2 fully saturated rings. The van der Waals surface area contributed by atoms with Gasteiger partial charge in [-0.3, -0.25) is 9.69 Å². The quantitative estimate of drug-likeness (QED) is 0.601. The summed E-state index contributed by atoms with van der Waals surface area (Å²) in [5.41, 5.74) is 0. The summed E-state index contributed by atoms with van der Waals surface area (Å²) in [6.07, 6.45) is 3.37. The van der Waals surface area contributed by atoms with Crippen molar-refractivity contribution in [1.82, 2.24) is 14.5 Å². The number of nitrogens with one attached hydrogen (secondary N) is 1. The fraction of sp³-hybridized carbons (Fsp3) is 0.500. The predicted octanol–water partition coefficient (Wildman–Crippen LogP) is 1.46. The van der Waals surface area contributed by atoms with E-state index in [2.05, 4.69) is 10.2 Å². The van der Waals surface area contributed by atoms with Crippen LogP contribution in [0.25, 0.3) is 0 Å². The third kappa shape index (κ3) is 5.50. The van der Waals surface area contributed by atoms with E-state index in [1.165, 1.54) is 4.31 Å². The fourth-order valence-electron chi connectivity index (χ4n) is 4.02. The van der Waals surface area contributed by atoms with E-state index in [0.717, 1.165) is 25.1 Å². The first kappa shape index (κ1) is 22.8. The van der Waals surface area contributed by atoms with Gasteiger partial charge in [0.15, 0.2) is 0 Å². The van der Waals surface area contributed by atoms with E-state index < -0.39 is 10.0 Å². The van der Waals surface area contributed by atoms with Crippen LogP contribution in [0.3, 0.4) is 0 Å². The lowest BCUT2D eigenvalue weighted by Crippen LogP contribution is -2.44. The van der Waals surface area contributed by atoms with Crippen molar-refractivity contribution in [2.75, 3.05) is 46.0 Å². The molecular formula is C22H29N3O6S. The highest BCUT2D eigenvalue weighted by atomic mass is 32.2. The molecule has 1 unspecified atom stereocenters. The maximum atomic E-state index is 12.7. The van der Waals surface area contributed by atoms with E-state index in [1.54, 1.807) is 36.6 Å². The number of benzene rings is 1. The first-order valence-electron chi connectivity index (χ1n) is 10.9. The van der Waals surface area contributed by atoms with Crippen molar-refractivity contribution < 1.29 is 27.1 Å². The van der Waals surface area contributed by atoms with Crippen LogP contribution >= 0.6 is 0 Å². The minimum Gasteiger partial charge on any atom is -0.492 e. The zero-order valence-corrected chi connectivity index (χ0v) is 18.8. The average molecular weight is 464 g/mol. The van der Waals surface area contributed by atoms with Gasteiger partial charge in [0.05, 0.1) is 37.0 Å². The van der Waals surface area contributed by atoms with Crippen molar-refractivity contribution in [2.45, 2.75) is 30.3 Å². The number of morpholine rings is 1. The lowest BCUT2D eigenvalue weighted by atomic mass is 10.2. The summed E-state index contributed by atoms with van der Waals surface area (Å²) in [6.45, 7) is 3.83. The standard InChI is InChI=1S/C22H29N3O6S/c26-22(23-17-19-3-2-13-30-19)21-4-1-9-24(21)10-16-31-18-5-7-20(8-6-18)32(27,28)25-11-14-29-15-12-25/h2-3,5-8,13,21H,1,4,9-12,14-17H2,(H,23,26). The van der Waals surface area contributed by atoms with Crippen molar-refractivity contribution in [2.24, 2.45) is 0 Å². The second-order valence-electron chi connectivity index (χ2n) is 7.83. The Morgan fingerprint density at radius 2 is 1.91 bits per heavy atom. The first-order valence-corrected chi connectivity index (χ1v) is 12.3. The highest BCUT2D eigenvalue weighted by Crippen LogP contribution is 2.21. The molecular weight excluding hydrogens is 434 g/mol. The Balaban J connectivity index is 1.25. The zero-order chi connectivity index (χ0) is 22.4. The molecule has 2 saturated heterocycles. The molecule has 1 amide bonds. The smallest absolute Gasteiger partial charge is 0.243 e. The van der Waals surface area contributed by atoms with E-state index in [1.807, 2.05) is 6.07 Å². The van der Waals surface area contributed by atoms with Crippen molar-refractivity contribution in [1.29, 1.82) is 0 Å². The topological polar surface area (TPSA) is 101 Å². The first-order chi connectivity index (χ1) is 15.5. The number of carbonyl (C=O) groups excluding carboxylic acids is 1. The van der Waals surface area contributed by atoms with E-state index in [4.69, 9.17) is 13.9 Å². The monoisotopic (exact) mass is 463 g/mol. The molecule has 1 aromatic carbocycles. The van der Waals surface area contributed by atoms with Gasteiger partial charge in [-0.2, -0.15) is 4.31 Å². The number of hydrogen-bond donors (Lipinski definition) is 1. The summed E-state index contributed by atoms with van der Waals surface area (Å²) in [5.74, 6) is 1.32. The van der Waals surface area contributed by atoms with Crippen LogP contribution in [0, 0.1) is 0 Å². The Hall–Kier alpha value is -2.40. The van der Waals surface area contributed by atoms with Gasteiger partial charge in [0.2, 0.25) is 15.9 Å². The lowest BCUT2D eigenvalue weighted by Gasteiger charge is -2.26. The highest BCUT2D eigenvalue weighted by molar-refractivity contribution is 7.89. The second kappa shape index (κ2) is 10.5. The second-order valence-corrected chi connectivity index (χ2v) is 9.77. The molecule has 1 atom stereocenters. The van der Waals surface area contributed by atoms with Crippen molar-refractivity contribution >= 4 is 15.9 Å². The number of rotatable bonds is 9. The number of carbonyl (C=O) groups is 1. The van der Waals surface area contributed by atoms with Crippen LogP contribution in [-0.2, 0) is 26.1 Å². The van der Waals surface area contributed by atoms with Gasteiger partial charge in [0, 0.05) is 19.6 Å². The predicted molar refractivity (Wildman–Crippen MR) is 117 cm³/mol. The summed E-state index contributed by atoms with van der Waals surface area (Å²) >= 11 is 0. The molecule has 32 heavy (non-hydrogen) atoms. The SMILES string of the molecule is O=C(NCc1ccco1)C1CCCN1CCOc1ccc(S(=O)(=O)N2CCOCC2)cc1. The van der Waals surface area contributed by atoms with Crippen molar-refractivity contribution in [3.8, 4) is 5.75 Å². The van der Waals surface area contributed by atoms with Crippen LogP contribution in [0.4, 0.5) is 0 Å². The molecule has 3 heterocycles. The van der Waals surface area contributed by atoms with Crippen LogP contribution in [0.5, 0.6) is 5.75 Å². The Morgan fingerprint density at radius 3 is 2.62 bits per heavy atom. The van der Waals surface area contributed by atoms with Crippen LogP contribution in [0.2, 0.25) is 0 Å². The number of nitrogens with zero attached hydrogens (tertiary/aromatic N) is 2. The Bertz CT molecular complexity index is 972. The van der Waals surface area contributed by atoms with Crippen molar-refractivity contribution in [3.05, 3.63) is 48.4 Å². The van der Waals surface area contributed by atoms with Gasteiger partial charge in [0.25, 0.3) is 0 Å². The van der Waals surface area contributed by atoms with E-state index in [-0.39, 0.29) is 16.8 Å². The van der Waals surface area contributed by atoms with Crippen LogP contribution in [-0.4, -0.2) is 75.6 Å². The number of hydrogen-bond acceptors (Lipinski definition) is 7. The molecule has 2 aromatic rings. The summed E-state index contributed by atoms with van der Waals surface area (Å²) in [7, 11) is -3.51. The summed E-state index contributed by atoms with van der Waals surface area (Å²) < 4.78 is 43.1. The third-order valence-corrected chi connectivity index (χ3v) is 7.67. The Morgan fingerprint density at radius 1 is 1.12 bits per heavy atom. The van der Waals surface area contributed by atoms with Crippen LogP contribution < -0.4 is 10.1 Å². The molecule has 1 N–H and O–H groups in total. The minimum atomic E-state index is -3.51. The molecule has 4 rings (SSSR count).